The van der Waals surface area contributed by atoms with Gasteiger partial charge in [-0.1, -0.05) is 24.7 Å². The van der Waals surface area contributed by atoms with Crippen LogP contribution >= 0.6 is 12.2 Å². The highest BCUT2D eigenvalue weighted by Gasteiger charge is 2.41. The molecule has 1 unspecified atom stereocenters. The van der Waals surface area contributed by atoms with Crippen molar-refractivity contribution in [3.8, 4) is 0 Å². The van der Waals surface area contributed by atoms with E-state index >= 15 is 0 Å². The number of ether oxygens (including phenoxy) is 2. The molecule has 132 valence electrons. The summed E-state index contributed by atoms with van der Waals surface area (Å²) < 4.78 is 11.5. The summed E-state index contributed by atoms with van der Waals surface area (Å²) in [6.07, 6.45) is 5.73. The van der Waals surface area contributed by atoms with E-state index in [1.165, 1.54) is 19.3 Å². The van der Waals surface area contributed by atoms with Crippen LogP contribution in [0.1, 0.15) is 25.0 Å². The average Bonchev–Trinajstić information content (AvgIpc) is 2.60. The van der Waals surface area contributed by atoms with E-state index in [0.717, 1.165) is 49.4 Å². The Bertz CT molecular complexity index is 532. The zero-order valence-electron chi connectivity index (χ0n) is 14.4. The molecule has 0 spiro atoms. The Labute approximate surface area is 149 Å². The van der Waals surface area contributed by atoms with Crippen molar-refractivity contribution in [3.05, 3.63) is 30.1 Å². The number of thiocarbonyl (C=S) groups is 1. The van der Waals surface area contributed by atoms with Crippen molar-refractivity contribution in [1.82, 2.24) is 15.2 Å². The highest BCUT2D eigenvalue weighted by Crippen LogP contribution is 2.29. The number of aromatic nitrogens is 1. The zero-order chi connectivity index (χ0) is 16.8. The fourth-order valence-electron chi connectivity index (χ4n) is 3.28. The molecule has 0 radical (unpaired) electrons. The summed E-state index contributed by atoms with van der Waals surface area (Å²) in [7, 11) is 1.73. The molecule has 1 saturated carbocycles. The maximum atomic E-state index is 6.02. The first-order valence-corrected chi connectivity index (χ1v) is 9.20. The first-order valence-electron chi connectivity index (χ1n) is 8.79. The Hall–Kier alpha value is -1.08. The molecule has 0 bridgehead atoms. The smallest absolute Gasteiger partial charge is 0.172 e. The minimum absolute atomic E-state index is 0.695. The molecule has 3 rings (SSSR count). The van der Waals surface area contributed by atoms with Crippen LogP contribution in [0.2, 0.25) is 0 Å². The molecule has 1 N–H and O–H groups in total. The van der Waals surface area contributed by atoms with E-state index in [1.807, 2.05) is 18.2 Å². The fraction of sp³-hybridized carbons (Fsp3) is 0.667. The minimum atomic E-state index is -0.711. The van der Waals surface area contributed by atoms with E-state index in [2.05, 4.69) is 15.2 Å². The van der Waals surface area contributed by atoms with Crippen LogP contribution in [0.15, 0.2) is 24.4 Å². The molecular weight excluding hydrogens is 322 g/mol. The lowest BCUT2D eigenvalue weighted by atomic mass is 9.85. The molecule has 2 fully saturated rings. The highest BCUT2D eigenvalue weighted by atomic mass is 32.1. The highest BCUT2D eigenvalue weighted by molar-refractivity contribution is 7.80. The number of methoxy groups -OCH3 is 1. The second kappa shape index (κ2) is 8.34. The monoisotopic (exact) mass is 349 g/mol. The molecule has 1 atom stereocenters. The lowest BCUT2D eigenvalue weighted by Crippen LogP contribution is -2.55. The first-order chi connectivity index (χ1) is 11.7. The van der Waals surface area contributed by atoms with Crippen LogP contribution in [0, 0.1) is 5.92 Å². The van der Waals surface area contributed by atoms with Gasteiger partial charge in [0.05, 0.1) is 18.9 Å². The van der Waals surface area contributed by atoms with Crippen LogP contribution in [0.25, 0.3) is 0 Å². The first kappa shape index (κ1) is 17.7. The van der Waals surface area contributed by atoms with Gasteiger partial charge in [-0.3, -0.25) is 9.88 Å². The van der Waals surface area contributed by atoms with Crippen LogP contribution in [0.5, 0.6) is 0 Å². The molecule has 6 heteroatoms. The lowest BCUT2D eigenvalue weighted by molar-refractivity contribution is -0.0255. The summed E-state index contributed by atoms with van der Waals surface area (Å²) in [5.41, 5.74) is 0.155. The Balaban J connectivity index is 1.78. The van der Waals surface area contributed by atoms with E-state index in [-0.39, 0.29) is 0 Å². The van der Waals surface area contributed by atoms with Crippen molar-refractivity contribution in [1.29, 1.82) is 0 Å². The third-order valence-electron chi connectivity index (χ3n) is 5.12. The minimum Gasteiger partial charge on any atom is -0.379 e. The van der Waals surface area contributed by atoms with Crippen molar-refractivity contribution in [2.75, 3.05) is 46.5 Å². The van der Waals surface area contributed by atoms with Gasteiger partial charge in [-0.2, -0.15) is 0 Å². The molecule has 1 aromatic rings. The van der Waals surface area contributed by atoms with Gasteiger partial charge in [0.25, 0.3) is 0 Å². The van der Waals surface area contributed by atoms with E-state index in [9.17, 15) is 0 Å². The van der Waals surface area contributed by atoms with Gasteiger partial charge in [-0.25, -0.2) is 0 Å². The SMILES string of the molecule is COC(CN1CCOCC1)(C(=S)NCC1CCC1)c1ccccn1. The number of nitrogens with zero attached hydrogens (tertiary/aromatic N) is 2. The number of pyridine rings is 1. The topological polar surface area (TPSA) is 46.6 Å². The van der Waals surface area contributed by atoms with Crippen LogP contribution in [-0.2, 0) is 15.1 Å². The summed E-state index contributed by atoms with van der Waals surface area (Å²) in [6, 6.07) is 5.91. The summed E-state index contributed by atoms with van der Waals surface area (Å²) in [5.74, 6) is 0.740. The quantitative estimate of drug-likeness (QED) is 0.760. The molecule has 1 aliphatic carbocycles. The number of rotatable bonds is 7. The van der Waals surface area contributed by atoms with Gasteiger partial charge < -0.3 is 14.8 Å². The molecule has 1 aliphatic heterocycles. The molecule has 24 heavy (non-hydrogen) atoms. The maximum Gasteiger partial charge on any atom is 0.172 e. The third kappa shape index (κ3) is 3.94. The van der Waals surface area contributed by atoms with E-state index in [4.69, 9.17) is 21.7 Å². The molecule has 0 aromatic carbocycles. The van der Waals surface area contributed by atoms with E-state index in [1.54, 1.807) is 13.3 Å². The second-order valence-electron chi connectivity index (χ2n) is 6.64. The standard InChI is InChI=1S/C18H27N3O2S/c1-22-18(16-7-2-3-8-19-16,14-21-9-11-23-12-10-21)17(24)20-13-15-5-4-6-15/h2-3,7-8,15H,4-6,9-14H2,1H3,(H,20,24). The largest absolute Gasteiger partial charge is 0.379 e. The second-order valence-corrected chi connectivity index (χ2v) is 7.05. The van der Waals surface area contributed by atoms with Crippen molar-refractivity contribution in [3.63, 3.8) is 0 Å². The molecule has 2 aliphatic rings. The number of nitrogens with one attached hydrogen (secondary N) is 1. The molecule has 1 aromatic heterocycles. The Morgan fingerprint density at radius 2 is 2.21 bits per heavy atom. The van der Waals surface area contributed by atoms with Crippen LogP contribution in [0.4, 0.5) is 0 Å². The van der Waals surface area contributed by atoms with Gasteiger partial charge in [-0.05, 0) is 30.9 Å². The van der Waals surface area contributed by atoms with Crippen molar-refractivity contribution in [2.45, 2.75) is 24.9 Å². The molecule has 0 amide bonds. The molecule has 1 saturated heterocycles. The summed E-state index contributed by atoms with van der Waals surface area (Å²) in [4.78, 5) is 7.64. The Kier molecular flexibility index (Phi) is 6.16. The molecule has 5 nitrogen and oxygen atoms in total. The third-order valence-corrected chi connectivity index (χ3v) is 5.59. The average molecular weight is 350 g/mol. The van der Waals surface area contributed by atoms with Crippen molar-refractivity contribution < 1.29 is 9.47 Å². The Morgan fingerprint density at radius 1 is 1.42 bits per heavy atom. The molecular formula is C18H27N3O2S. The van der Waals surface area contributed by atoms with E-state index < -0.39 is 5.60 Å². The van der Waals surface area contributed by atoms with Gasteiger partial charge in [0.1, 0.15) is 4.99 Å². The number of hydrogen-bond acceptors (Lipinski definition) is 5. The van der Waals surface area contributed by atoms with Gasteiger partial charge in [0.15, 0.2) is 5.60 Å². The van der Waals surface area contributed by atoms with Gasteiger partial charge >= 0.3 is 0 Å². The van der Waals surface area contributed by atoms with Gasteiger partial charge in [0.2, 0.25) is 0 Å². The Morgan fingerprint density at radius 3 is 2.79 bits per heavy atom. The fourth-order valence-corrected chi connectivity index (χ4v) is 3.62. The number of hydrogen-bond donors (Lipinski definition) is 1. The summed E-state index contributed by atoms with van der Waals surface area (Å²) in [6.45, 7) is 4.92. The summed E-state index contributed by atoms with van der Waals surface area (Å²) in [5, 5.41) is 3.47. The van der Waals surface area contributed by atoms with Crippen molar-refractivity contribution in [2.24, 2.45) is 5.92 Å². The maximum absolute atomic E-state index is 6.02. The van der Waals surface area contributed by atoms with Gasteiger partial charge in [0, 0.05) is 39.5 Å². The van der Waals surface area contributed by atoms with Crippen molar-refractivity contribution >= 4 is 17.2 Å². The number of morpholine rings is 1. The van der Waals surface area contributed by atoms with Crippen LogP contribution in [0.3, 0.4) is 0 Å². The van der Waals surface area contributed by atoms with E-state index in [0.29, 0.717) is 6.54 Å². The normalized spacial score (nSPS) is 21.7. The van der Waals surface area contributed by atoms with Crippen LogP contribution in [-0.4, -0.2) is 61.4 Å². The zero-order valence-corrected chi connectivity index (χ0v) is 15.2. The van der Waals surface area contributed by atoms with Gasteiger partial charge in [-0.15, -0.1) is 0 Å². The predicted molar refractivity (Wildman–Crippen MR) is 98.1 cm³/mol. The molecule has 2 heterocycles. The predicted octanol–water partition coefficient (Wildman–Crippen LogP) is 1.97. The lowest BCUT2D eigenvalue weighted by Gasteiger charge is -2.39. The summed E-state index contributed by atoms with van der Waals surface area (Å²) >= 11 is 5.79. The van der Waals surface area contributed by atoms with Crippen LogP contribution < -0.4 is 5.32 Å².